The van der Waals surface area contributed by atoms with Gasteiger partial charge in [-0.2, -0.15) is 0 Å². The number of carbonyl (C=O) groups is 1. The summed E-state index contributed by atoms with van der Waals surface area (Å²) in [5.41, 5.74) is 4.19. The first-order valence-electron chi connectivity index (χ1n) is 14.0. The molecule has 0 unspecified atom stereocenters. The van der Waals surface area contributed by atoms with Crippen LogP contribution < -0.4 is 10.5 Å². The maximum Gasteiger partial charge on any atom is 0.267 e. The largest absolute Gasteiger partial charge is 0.356 e. The Morgan fingerprint density at radius 1 is 1.00 bits per heavy atom. The third-order valence-electron chi connectivity index (χ3n) is 8.11. The maximum absolute atomic E-state index is 13.9. The molecule has 0 spiro atoms. The molecule has 2 aromatic heterocycles. The number of hydrogen-bond donors (Lipinski definition) is 0. The van der Waals surface area contributed by atoms with Crippen molar-refractivity contribution < 1.29 is 4.79 Å². The number of thioether (sulfide) groups is 1. The number of amides is 1. The highest BCUT2D eigenvalue weighted by atomic mass is 32.2. The number of piperidine rings is 1. The second-order valence-corrected chi connectivity index (χ2v) is 12.5. The smallest absolute Gasteiger partial charge is 0.267 e. The number of thiocarbonyl (C=S) groups is 1. The molecule has 4 heterocycles. The first-order chi connectivity index (χ1) is 19.9. The highest BCUT2D eigenvalue weighted by molar-refractivity contribution is 8.26. The first-order valence-corrected chi connectivity index (χ1v) is 15.3. The summed E-state index contributed by atoms with van der Waals surface area (Å²) in [5.74, 6) is 1.04. The molecule has 2 saturated heterocycles. The molecule has 6 rings (SSSR count). The fraction of sp³-hybridized carbons (Fsp3) is 0.273. The number of benzene rings is 2. The second kappa shape index (κ2) is 11.6. The van der Waals surface area contributed by atoms with E-state index in [1.54, 1.807) is 21.6 Å². The summed E-state index contributed by atoms with van der Waals surface area (Å²) < 4.78 is 2.07. The molecule has 4 aromatic rings. The zero-order chi connectivity index (χ0) is 28.5. The zero-order valence-corrected chi connectivity index (χ0v) is 24.8. The number of rotatable bonds is 6. The van der Waals surface area contributed by atoms with Gasteiger partial charge in [-0.1, -0.05) is 90.7 Å². The lowest BCUT2D eigenvalue weighted by molar-refractivity contribution is -0.123. The fourth-order valence-electron chi connectivity index (χ4n) is 5.79. The Hall–Kier alpha value is -3.75. The van der Waals surface area contributed by atoms with Gasteiger partial charge in [0.05, 0.1) is 16.5 Å². The van der Waals surface area contributed by atoms with Crippen LogP contribution in [0.25, 0.3) is 11.7 Å². The Morgan fingerprint density at radius 3 is 2.39 bits per heavy atom. The number of hydrogen-bond acceptors (Lipinski definition) is 6. The number of anilines is 1. The van der Waals surface area contributed by atoms with Crippen LogP contribution in [-0.2, 0) is 11.2 Å². The molecule has 2 aromatic carbocycles. The molecule has 0 aliphatic carbocycles. The Bertz CT molecular complexity index is 1690. The molecule has 0 N–H and O–H groups in total. The fourth-order valence-corrected chi connectivity index (χ4v) is 7.19. The summed E-state index contributed by atoms with van der Waals surface area (Å²) in [4.78, 5) is 37.0. The van der Waals surface area contributed by atoms with Crippen molar-refractivity contribution in [1.82, 2.24) is 14.3 Å². The van der Waals surface area contributed by atoms with E-state index < -0.39 is 0 Å². The second-order valence-electron chi connectivity index (χ2n) is 10.8. The Labute approximate surface area is 249 Å². The number of aryl methyl sites for hydroxylation is 1. The van der Waals surface area contributed by atoms with Crippen LogP contribution in [-0.4, -0.2) is 37.6 Å². The van der Waals surface area contributed by atoms with Gasteiger partial charge >= 0.3 is 0 Å². The number of aromatic nitrogens is 2. The molecular formula is C33H32N4O2S2. The standard InChI is InChI=1S/C33H32N4O2S2/c1-22-10-9-17-36-29(22)34-30(35-18-15-25(16-19-35)20-24-11-5-3-6-12-24)27(31(36)38)21-28-32(39)37(33(40)41-28)23(2)26-13-7-4-8-14-26/h3-14,17,21,23,25H,15-16,18-20H2,1-2H3/b28-21-/t23-/m1/s1. The molecule has 8 heteroatoms. The van der Waals surface area contributed by atoms with Gasteiger partial charge in [0, 0.05) is 19.3 Å². The van der Waals surface area contributed by atoms with Crippen LogP contribution in [0.2, 0.25) is 0 Å². The van der Waals surface area contributed by atoms with Gasteiger partial charge in [0.2, 0.25) is 0 Å². The van der Waals surface area contributed by atoms with E-state index in [1.807, 2.05) is 56.3 Å². The lowest BCUT2D eigenvalue weighted by Crippen LogP contribution is -2.37. The minimum atomic E-state index is -0.212. The summed E-state index contributed by atoms with van der Waals surface area (Å²) in [6.45, 7) is 5.55. The molecule has 41 heavy (non-hydrogen) atoms. The third-order valence-corrected chi connectivity index (χ3v) is 9.44. The SMILES string of the molecule is Cc1cccn2c(=O)c(/C=C3\SC(=S)N([C@H](C)c4ccccc4)C3=O)c(N3CCC(Cc4ccccc4)CC3)nc12. The van der Waals surface area contributed by atoms with Gasteiger partial charge in [-0.15, -0.1) is 0 Å². The molecular weight excluding hydrogens is 549 g/mol. The molecule has 2 fully saturated rings. The number of carbonyl (C=O) groups excluding carboxylic acids is 1. The van der Waals surface area contributed by atoms with E-state index in [9.17, 15) is 9.59 Å². The lowest BCUT2D eigenvalue weighted by atomic mass is 9.90. The predicted octanol–water partition coefficient (Wildman–Crippen LogP) is 6.42. The molecule has 0 saturated carbocycles. The van der Waals surface area contributed by atoms with E-state index in [4.69, 9.17) is 17.2 Å². The Kier molecular flexibility index (Phi) is 7.77. The van der Waals surface area contributed by atoms with Gasteiger partial charge in [-0.3, -0.25) is 18.9 Å². The molecule has 2 aliphatic rings. The number of pyridine rings is 1. The highest BCUT2D eigenvalue weighted by Crippen LogP contribution is 2.39. The van der Waals surface area contributed by atoms with Crippen molar-refractivity contribution in [1.29, 1.82) is 0 Å². The zero-order valence-electron chi connectivity index (χ0n) is 23.2. The minimum Gasteiger partial charge on any atom is -0.356 e. The molecule has 0 radical (unpaired) electrons. The quantitative estimate of drug-likeness (QED) is 0.194. The Morgan fingerprint density at radius 2 is 1.68 bits per heavy atom. The van der Waals surface area contributed by atoms with Gasteiger partial charge in [0.1, 0.15) is 15.8 Å². The van der Waals surface area contributed by atoms with E-state index in [0.29, 0.717) is 32.2 Å². The van der Waals surface area contributed by atoms with Crippen LogP contribution in [0, 0.1) is 12.8 Å². The molecule has 1 atom stereocenters. The van der Waals surface area contributed by atoms with Gasteiger partial charge in [0.25, 0.3) is 11.5 Å². The van der Waals surface area contributed by atoms with Gasteiger partial charge in [-0.05, 0) is 67.9 Å². The molecule has 2 aliphatic heterocycles. The van der Waals surface area contributed by atoms with E-state index in [-0.39, 0.29) is 17.5 Å². The molecule has 208 valence electrons. The summed E-state index contributed by atoms with van der Waals surface area (Å²) in [7, 11) is 0. The van der Waals surface area contributed by atoms with Crippen LogP contribution in [0.15, 0.2) is 88.7 Å². The predicted molar refractivity (Wildman–Crippen MR) is 171 cm³/mol. The average Bonchev–Trinajstić information content (AvgIpc) is 3.28. The summed E-state index contributed by atoms with van der Waals surface area (Å²) in [6, 6.07) is 24.1. The van der Waals surface area contributed by atoms with Crippen molar-refractivity contribution in [2.75, 3.05) is 18.0 Å². The third kappa shape index (κ3) is 5.46. The van der Waals surface area contributed by atoms with Crippen LogP contribution in [0.4, 0.5) is 5.82 Å². The topological polar surface area (TPSA) is 57.9 Å². The first kappa shape index (κ1) is 27.4. The Balaban J connectivity index is 1.34. The van der Waals surface area contributed by atoms with Crippen LogP contribution in [0.3, 0.4) is 0 Å². The van der Waals surface area contributed by atoms with E-state index >= 15 is 0 Å². The lowest BCUT2D eigenvalue weighted by Gasteiger charge is -2.33. The highest BCUT2D eigenvalue weighted by Gasteiger charge is 2.36. The summed E-state index contributed by atoms with van der Waals surface area (Å²) in [5, 5.41) is 0. The molecule has 0 bridgehead atoms. The van der Waals surface area contributed by atoms with Crippen molar-refractivity contribution in [3.8, 4) is 0 Å². The van der Waals surface area contributed by atoms with Gasteiger partial charge in [-0.25, -0.2) is 4.98 Å². The number of fused-ring (bicyclic) bond motifs is 1. The number of nitrogens with zero attached hydrogens (tertiary/aromatic N) is 4. The summed E-state index contributed by atoms with van der Waals surface area (Å²) in [6.07, 6.45) is 6.54. The van der Waals surface area contributed by atoms with Gasteiger partial charge < -0.3 is 4.90 Å². The van der Waals surface area contributed by atoms with Gasteiger partial charge in [0.15, 0.2) is 0 Å². The van der Waals surface area contributed by atoms with E-state index in [0.717, 1.165) is 43.5 Å². The van der Waals surface area contributed by atoms with Crippen molar-refractivity contribution in [2.45, 2.75) is 39.2 Å². The molecule has 6 nitrogen and oxygen atoms in total. The summed E-state index contributed by atoms with van der Waals surface area (Å²) >= 11 is 6.90. The van der Waals surface area contributed by atoms with Crippen molar-refractivity contribution >= 4 is 51.7 Å². The molecule has 1 amide bonds. The van der Waals surface area contributed by atoms with E-state index in [2.05, 4.69) is 35.2 Å². The average molecular weight is 581 g/mol. The maximum atomic E-state index is 13.9. The van der Waals surface area contributed by atoms with Crippen molar-refractivity contribution in [3.63, 3.8) is 0 Å². The van der Waals surface area contributed by atoms with Crippen LogP contribution >= 0.6 is 24.0 Å². The van der Waals surface area contributed by atoms with E-state index in [1.165, 1.54) is 17.3 Å². The van der Waals surface area contributed by atoms with Crippen LogP contribution in [0.5, 0.6) is 0 Å². The normalized spacial score (nSPS) is 18.0. The van der Waals surface area contributed by atoms with Crippen LogP contribution in [0.1, 0.15) is 48.1 Å². The monoisotopic (exact) mass is 580 g/mol. The van der Waals surface area contributed by atoms with Crippen molar-refractivity contribution in [2.24, 2.45) is 5.92 Å². The van der Waals surface area contributed by atoms with Crippen molar-refractivity contribution in [3.05, 3.63) is 117 Å². The minimum absolute atomic E-state index is 0.179.